The maximum Gasteiger partial charge on any atom is 0.434 e. The van der Waals surface area contributed by atoms with E-state index >= 15 is 0 Å². The number of hydrogen-bond donors (Lipinski definition) is 1. The number of benzene rings is 2. The molecule has 2 aromatic carbocycles. The molecule has 1 amide bonds. The van der Waals surface area contributed by atoms with Gasteiger partial charge in [-0.1, -0.05) is 29.8 Å². The van der Waals surface area contributed by atoms with Crippen molar-refractivity contribution < 1.29 is 18.0 Å². The van der Waals surface area contributed by atoms with Crippen LogP contribution in [0.1, 0.15) is 33.0 Å². The number of alkyl halides is 3. The maximum absolute atomic E-state index is 13.7. The molecule has 0 aliphatic rings. The van der Waals surface area contributed by atoms with Crippen molar-refractivity contribution in [2.45, 2.75) is 25.9 Å². The Hall–Kier alpha value is -3.20. The lowest BCUT2D eigenvalue weighted by Crippen LogP contribution is -2.27. The number of carbonyl (C=O) groups is 1. The number of aromatic nitrogens is 3. The van der Waals surface area contributed by atoms with E-state index in [4.69, 9.17) is 0 Å². The minimum absolute atomic E-state index is 0.238. The first kappa shape index (κ1) is 21.0. The number of rotatable bonds is 6. The van der Waals surface area contributed by atoms with Gasteiger partial charge in [-0.05, 0) is 37.6 Å². The van der Waals surface area contributed by atoms with E-state index < -0.39 is 23.3 Å². The van der Waals surface area contributed by atoms with Crippen LogP contribution < -0.4 is 5.32 Å². The second-order valence-corrected chi connectivity index (χ2v) is 8.20. The second kappa shape index (κ2) is 8.50. The Balaban J connectivity index is 1.44. The van der Waals surface area contributed by atoms with Crippen LogP contribution in [0.3, 0.4) is 0 Å². The molecule has 4 rings (SSSR count). The van der Waals surface area contributed by atoms with Gasteiger partial charge in [-0.25, -0.2) is 9.67 Å². The topological polar surface area (TPSA) is 59.8 Å². The van der Waals surface area contributed by atoms with Gasteiger partial charge in [0.1, 0.15) is 0 Å². The first-order chi connectivity index (χ1) is 14.8. The Kier molecular flexibility index (Phi) is 5.77. The van der Waals surface area contributed by atoms with Gasteiger partial charge in [0.25, 0.3) is 5.91 Å². The number of amides is 1. The molecule has 0 spiro atoms. The van der Waals surface area contributed by atoms with Gasteiger partial charge in [0.15, 0.2) is 5.69 Å². The molecule has 160 valence electrons. The normalized spacial score (nSPS) is 11.7. The summed E-state index contributed by atoms with van der Waals surface area (Å²) in [5.41, 5.74) is 0.501. The average molecular weight is 444 g/mol. The standard InChI is InChI=1S/C22H19F3N4OS/c1-14-8-10-15(11-9-14)29-20(22(23,24)25)16(13-27-29)21(30)26-12-4-7-19-28-17-5-2-3-6-18(17)31-19/h2-3,5-6,8-11,13H,4,7,12H2,1H3,(H,26,30). The minimum atomic E-state index is -4.73. The minimum Gasteiger partial charge on any atom is -0.352 e. The number of fused-ring (bicyclic) bond motifs is 1. The Morgan fingerprint density at radius 2 is 1.87 bits per heavy atom. The number of aryl methyl sites for hydroxylation is 2. The highest BCUT2D eigenvalue weighted by Crippen LogP contribution is 2.33. The van der Waals surface area contributed by atoms with Gasteiger partial charge < -0.3 is 5.32 Å². The number of carbonyl (C=O) groups excluding carboxylic acids is 1. The molecule has 2 heterocycles. The quantitative estimate of drug-likeness (QED) is 0.417. The fourth-order valence-electron chi connectivity index (χ4n) is 3.23. The molecule has 5 nitrogen and oxygen atoms in total. The molecule has 0 saturated heterocycles. The maximum atomic E-state index is 13.7. The van der Waals surface area contributed by atoms with E-state index in [0.717, 1.165) is 31.7 Å². The van der Waals surface area contributed by atoms with E-state index in [1.54, 1.807) is 23.5 Å². The molecule has 4 aromatic rings. The second-order valence-electron chi connectivity index (χ2n) is 7.09. The Bertz CT molecular complexity index is 1180. The molecule has 0 atom stereocenters. The lowest BCUT2D eigenvalue weighted by atomic mass is 10.2. The third kappa shape index (κ3) is 4.61. The van der Waals surface area contributed by atoms with Gasteiger partial charge in [0.05, 0.1) is 32.7 Å². The first-order valence-electron chi connectivity index (χ1n) is 9.68. The van der Waals surface area contributed by atoms with Crippen LogP contribution in [0.4, 0.5) is 13.2 Å². The van der Waals surface area contributed by atoms with Crippen LogP contribution in [0.15, 0.2) is 54.7 Å². The highest BCUT2D eigenvalue weighted by atomic mass is 32.1. The lowest BCUT2D eigenvalue weighted by molar-refractivity contribution is -0.143. The van der Waals surface area contributed by atoms with Crippen LogP contribution in [-0.4, -0.2) is 27.2 Å². The number of thiazole rings is 1. The summed E-state index contributed by atoms with van der Waals surface area (Å²) in [6.07, 6.45) is -2.56. The summed E-state index contributed by atoms with van der Waals surface area (Å²) < 4.78 is 43.0. The number of para-hydroxylation sites is 1. The number of nitrogens with one attached hydrogen (secondary N) is 1. The van der Waals surface area contributed by atoms with Crippen LogP contribution in [0.25, 0.3) is 15.9 Å². The van der Waals surface area contributed by atoms with E-state index in [1.807, 2.05) is 31.2 Å². The van der Waals surface area contributed by atoms with E-state index in [2.05, 4.69) is 15.4 Å². The van der Waals surface area contributed by atoms with Crippen molar-refractivity contribution >= 4 is 27.5 Å². The first-order valence-corrected chi connectivity index (χ1v) is 10.5. The Labute approximate surface area is 180 Å². The summed E-state index contributed by atoms with van der Waals surface area (Å²) in [5.74, 6) is -0.796. The smallest absolute Gasteiger partial charge is 0.352 e. The zero-order valence-corrected chi connectivity index (χ0v) is 17.4. The van der Waals surface area contributed by atoms with Gasteiger partial charge in [-0.15, -0.1) is 11.3 Å². The van der Waals surface area contributed by atoms with E-state index in [1.165, 1.54) is 12.1 Å². The number of nitrogens with zero attached hydrogens (tertiary/aromatic N) is 3. The Morgan fingerprint density at radius 3 is 2.58 bits per heavy atom. The average Bonchev–Trinajstić information content (AvgIpc) is 3.35. The van der Waals surface area contributed by atoms with Crippen LogP contribution in [0.2, 0.25) is 0 Å². The molecule has 9 heteroatoms. The predicted molar refractivity (Wildman–Crippen MR) is 114 cm³/mol. The van der Waals surface area contributed by atoms with Gasteiger partial charge in [-0.3, -0.25) is 4.79 Å². The molecule has 31 heavy (non-hydrogen) atoms. The molecular formula is C22H19F3N4OS. The van der Waals surface area contributed by atoms with Gasteiger partial charge in [0.2, 0.25) is 0 Å². The van der Waals surface area contributed by atoms with Crippen LogP contribution in [-0.2, 0) is 12.6 Å². The largest absolute Gasteiger partial charge is 0.434 e. The Morgan fingerprint density at radius 1 is 1.13 bits per heavy atom. The number of halogens is 3. The van der Waals surface area contributed by atoms with Gasteiger partial charge in [0, 0.05) is 13.0 Å². The lowest BCUT2D eigenvalue weighted by Gasteiger charge is -2.13. The van der Waals surface area contributed by atoms with Crippen molar-refractivity contribution in [1.29, 1.82) is 0 Å². The SMILES string of the molecule is Cc1ccc(-n2ncc(C(=O)NCCCc3nc4ccccc4s3)c2C(F)(F)F)cc1. The summed E-state index contributed by atoms with van der Waals surface area (Å²) in [4.78, 5) is 17.0. The fraction of sp³-hybridized carbons (Fsp3) is 0.227. The summed E-state index contributed by atoms with van der Waals surface area (Å²) >= 11 is 1.57. The fourth-order valence-corrected chi connectivity index (χ4v) is 4.24. The molecule has 2 aromatic heterocycles. The summed E-state index contributed by atoms with van der Waals surface area (Å²) in [6.45, 7) is 2.08. The van der Waals surface area contributed by atoms with Gasteiger partial charge >= 0.3 is 6.18 Å². The van der Waals surface area contributed by atoms with Crippen LogP contribution in [0, 0.1) is 6.92 Å². The molecule has 0 radical (unpaired) electrons. The summed E-state index contributed by atoms with van der Waals surface area (Å²) in [5, 5.41) is 7.33. The third-order valence-corrected chi connectivity index (χ3v) is 5.85. The van der Waals surface area contributed by atoms with E-state index in [0.29, 0.717) is 12.8 Å². The monoisotopic (exact) mass is 444 g/mol. The molecule has 0 aliphatic heterocycles. The molecule has 1 N–H and O–H groups in total. The summed E-state index contributed by atoms with van der Waals surface area (Å²) in [7, 11) is 0. The zero-order valence-electron chi connectivity index (χ0n) is 16.6. The van der Waals surface area contributed by atoms with Crippen molar-refractivity contribution in [1.82, 2.24) is 20.1 Å². The van der Waals surface area contributed by atoms with Crippen molar-refractivity contribution in [3.63, 3.8) is 0 Å². The zero-order chi connectivity index (χ0) is 22.0. The van der Waals surface area contributed by atoms with Crippen molar-refractivity contribution in [3.05, 3.63) is 76.6 Å². The molecule has 0 fully saturated rings. The van der Waals surface area contributed by atoms with Crippen molar-refractivity contribution in [2.75, 3.05) is 6.54 Å². The van der Waals surface area contributed by atoms with Crippen LogP contribution >= 0.6 is 11.3 Å². The van der Waals surface area contributed by atoms with Crippen LogP contribution in [0.5, 0.6) is 0 Å². The molecule has 0 unspecified atom stereocenters. The van der Waals surface area contributed by atoms with E-state index in [9.17, 15) is 18.0 Å². The van der Waals surface area contributed by atoms with E-state index in [-0.39, 0.29) is 12.2 Å². The van der Waals surface area contributed by atoms with Gasteiger partial charge in [-0.2, -0.15) is 18.3 Å². The molecule has 0 bridgehead atoms. The number of hydrogen-bond acceptors (Lipinski definition) is 4. The summed E-state index contributed by atoms with van der Waals surface area (Å²) in [6, 6.07) is 14.2. The highest BCUT2D eigenvalue weighted by Gasteiger charge is 2.40. The predicted octanol–water partition coefficient (Wildman–Crippen LogP) is 5.17. The van der Waals surface area contributed by atoms with Crippen molar-refractivity contribution in [2.24, 2.45) is 0 Å². The molecular weight excluding hydrogens is 425 g/mol. The van der Waals surface area contributed by atoms with Crippen molar-refractivity contribution in [3.8, 4) is 5.69 Å². The third-order valence-electron chi connectivity index (χ3n) is 4.75. The molecule has 0 aliphatic carbocycles. The highest BCUT2D eigenvalue weighted by molar-refractivity contribution is 7.18. The molecule has 0 saturated carbocycles.